The van der Waals surface area contributed by atoms with Crippen LogP contribution >= 0.6 is 11.6 Å². The van der Waals surface area contributed by atoms with E-state index >= 15 is 0 Å². The number of non-ortho nitro benzene ring substituents is 1. The molecule has 0 radical (unpaired) electrons. The van der Waals surface area contributed by atoms with E-state index in [0.29, 0.717) is 47.8 Å². The van der Waals surface area contributed by atoms with Crippen LogP contribution in [-0.4, -0.2) is 34.7 Å². The highest BCUT2D eigenvalue weighted by Crippen LogP contribution is 2.25. The first kappa shape index (κ1) is 19.8. The second-order valence-electron chi connectivity index (χ2n) is 6.79. The quantitative estimate of drug-likeness (QED) is 0.617. The molecule has 0 saturated carbocycles. The Morgan fingerprint density at radius 3 is 2.46 bits per heavy atom. The van der Waals surface area contributed by atoms with Crippen LogP contribution in [0, 0.1) is 23.0 Å². The number of benzene rings is 2. The summed E-state index contributed by atoms with van der Waals surface area (Å²) in [6, 6.07) is 11.3. The summed E-state index contributed by atoms with van der Waals surface area (Å²) in [7, 11) is 0. The summed E-state index contributed by atoms with van der Waals surface area (Å²) < 4.78 is 0. The zero-order valence-corrected chi connectivity index (χ0v) is 16.1. The number of hydrogen-bond donors (Lipinski definition) is 1. The number of carbonyl (C=O) groups excluding carboxylic acids is 2. The van der Waals surface area contributed by atoms with Gasteiger partial charge in [0.05, 0.1) is 15.5 Å². The summed E-state index contributed by atoms with van der Waals surface area (Å²) in [6.45, 7) is 2.66. The minimum absolute atomic E-state index is 0.0121. The average Bonchev–Trinajstić information content (AvgIpc) is 2.69. The van der Waals surface area contributed by atoms with Crippen LogP contribution in [-0.2, 0) is 4.79 Å². The van der Waals surface area contributed by atoms with Crippen molar-refractivity contribution in [3.05, 3.63) is 68.7 Å². The molecule has 0 atom stereocenters. The highest BCUT2D eigenvalue weighted by atomic mass is 35.5. The Morgan fingerprint density at radius 2 is 1.86 bits per heavy atom. The maximum Gasteiger partial charge on any atom is 0.269 e. The lowest BCUT2D eigenvalue weighted by atomic mass is 9.95. The average molecular weight is 402 g/mol. The zero-order valence-electron chi connectivity index (χ0n) is 15.4. The third-order valence-electron chi connectivity index (χ3n) is 4.94. The number of rotatable bonds is 4. The molecule has 1 aliphatic rings. The second-order valence-corrected chi connectivity index (χ2v) is 7.20. The van der Waals surface area contributed by atoms with E-state index in [0.717, 1.165) is 0 Å². The van der Waals surface area contributed by atoms with E-state index in [-0.39, 0.29) is 23.4 Å². The first-order valence-electron chi connectivity index (χ1n) is 8.96. The number of nitrogens with one attached hydrogen (secondary N) is 1. The van der Waals surface area contributed by atoms with E-state index in [1.54, 1.807) is 42.2 Å². The molecular weight excluding hydrogens is 382 g/mol. The number of anilines is 1. The monoisotopic (exact) mass is 401 g/mol. The molecule has 3 rings (SSSR count). The standard InChI is InChI=1S/C20H20ClN3O4/c1-13-12-15(24(27)28)6-7-18(13)22-19(25)14-8-10-23(11-9-14)20(26)16-4-2-3-5-17(16)21/h2-7,12,14H,8-11H2,1H3,(H,22,25). The fraction of sp³-hybridized carbons (Fsp3) is 0.300. The molecule has 146 valence electrons. The van der Waals surface area contributed by atoms with E-state index in [1.807, 2.05) is 0 Å². The van der Waals surface area contributed by atoms with Crippen molar-refractivity contribution in [1.82, 2.24) is 4.90 Å². The van der Waals surface area contributed by atoms with Crippen molar-refractivity contribution in [2.75, 3.05) is 18.4 Å². The van der Waals surface area contributed by atoms with Gasteiger partial charge in [-0.3, -0.25) is 19.7 Å². The van der Waals surface area contributed by atoms with Crippen molar-refractivity contribution in [3.8, 4) is 0 Å². The van der Waals surface area contributed by atoms with Crippen molar-refractivity contribution in [1.29, 1.82) is 0 Å². The predicted octanol–water partition coefficient (Wildman–Crippen LogP) is 4.05. The maximum atomic E-state index is 12.6. The van der Waals surface area contributed by atoms with Crippen molar-refractivity contribution in [2.45, 2.75) is 19.8 Å². The van der Waals surface area contributed by atoms with E-state index in [2.05, 4.69) is 5.32 Å². The molecule has 0 aromatic heterocycles. The van der Waals surface area contributed by atoms with Crippen LogP contribution in [0.5, 0.6) is 0 Å². The van der Waals surface area contributed by atoms with Crippen LogP contribution in [0.15, 0.2) is 42.5 Å². The van der Waals surface area contributed by atoms with E-state index in [4.69, 9.17) is 11.6 Å². The Hall–Kier alpha value is -2.93. The van der Waals surface area contributed by atoms with Gasteiger partial charge in [0.2, 0.25) is 5.91 Å². The number of nitro groups is 1. The van der Waals surface area contributed by atoms with Gasteiger partial charge in [0.25, 0.3) is 11.6 Å². The third-order valence-corrected chi connectivity index (χ3v) is 5.27. The van der Waals surface area contributed by atoms with E-state index < -0.39 is 4.92 Å². The summed E-state index contributed by atoms with van der Waals surface area (Å²) in [5.41, 5.74) is 1.65. The van der Waals surface area contributed by atoms with Gasteiger partial charge < -0.3 is 10.2 Å². The van der Waals surface area contributed by atoms with E-state index in [1.165, 1.54) is 12.1 Å². The molecular formula is C20H20ClN3O4. The minimum atomic E-state index is -0.468. The molecule has 0 aliphatic carbocycles. The molecule has 2 aromatic carbocycles. The van der Waals surface area contributed by atoms with Crippen molar-refractivity contribution in [3.63, 3.8) is 0 Å². The largest absolute Gasteiger partial charge is 0.339 e. The van der Waals surface area contributed by atoms with Crippen molar-refractivity contribution >= 4 is 34.8 Å². The van der Waals surface area contributed by atoms with E-state index in [9.17, 15) is 19.7 Å². The molecule has 1 N–H and O–H groups in total. The smallest absolute Gasteiger partial charge is 0.269 e. The van der Waals surface area contributed by atoms with Gasteiger partial charge in [-0.2, -0.15) is 0 Å². The highest BCUT2D eigenvalue weighted by molar-refractivity contribution is 6.33. The SMILES string of the molecule is Cc1cc([N+](=O)[O-])ccc1NC(=O)C1CCN(C(=O)c2ccccc2Cl)CC1. The number of hydrogen-bond acceptors (Lipinski definition) is 4. The molecule has 1 heterocycles. The first-order valence-corrected chi connectivity index (χ1v) is 9.34. The summed E-state index contributed by atoms with van der Waals surface area (Å²) >= 11 is 6.10. The van der Waals surface area contributed by atoms with Crippen LogP contribution in [0.25, 0.3) is 0 Å². The Bertz CT molecular complexity index is 923. The predicted molar refractivity (Wildman–Crippen MR) is 107 cm³/mol. The van der Waals surface area contributed by atoms with Crippen LogP contribution < -0.4 is 5.32 Å². The van der Waals surface area contributed by atoms with Gasteiger partial charge in [-0.25, -0.2) is 0 Å². The Morgan fingerprint density at radius 1 is 1.18 bits per heavy atom. The number of nitro benzene ring substituents is 1. The van der Waals surface area contributed by atoms with Crippen LogP contribution in [0.1, 0.15) is 28.8 Å². The van der Waals surface area contributed by atoms with Gasteiger partial charge >= 0.3 is 0 Å². The molecule has 28 heavy (non-hydrogen) atoms. The molecule has 2 amide bonds. The maximum absolute atomic E-state index is 12.6. The third kappa shape index (κ3) is 4.31. The van der Waals surface area contributed by atoms with Gasteiger partial charge in [-0.1, -0.05) is 23.7 Å². The summed E-state index contributed by atoms with van der Waals surface area (Å²) in [5, 5.41) is 14.1. The number of likely N-dealkylation sites (tertiary alicyclic amines) is 1. The van der Waals surface area contributed by atoms with Gasteiger partial charge in [0.15, 0.2) is 0 Å². The number of amides is 2. The normalized spacial score (nSPS) is 14.6. The Labute approximate surface area is 167 Å². The van der Waals surface area contributed by atoms with Crippen LogP contribution in [0.2, 0.25) is 5.02 Å². The Kier molecular flexibility index (Phi) is 5.94. The summed E-state index contributed by atoms with van der Waals surface area (Å²) in [4.78, 5) is 37.2. The number of carbonyl (C=O) groups is 2. The van der Waals surface area contributed by atoms with Gasteiger partial charge in [0.1, 0.15) is 0 Å². The fourth-order valence-corrected chi connectivity index (χ4v) is 3.50. The lowest BCUT2D eigenvalue weighted by Crippen LogP contribution is -2.41. The van der Waals surface area contributed by atoms with Gasteiger partial charge in [0, 0.05) is 36.8 Å². The number of piperidine rings is 1. The number of halogens is 1. The van der Waals surface area contributed by atoms with Gasteiger partial charge in [-0.05, 0) is 43.5 Å². The molecule has 8 heteroatoms. The zero-order chi connectivity index (χ0) is 20.3. The second kappa shape index (κ2) is 8.39. The Balaban J connectivity index is 1.59. The fourth-order valence-electron chi connectivity index (χ4n) is 3.29. The summed E-state index contributed by atoms with van der Waals surface area (Å²) in [6.07, 6.45) is 1.10. The molecule has 1 fully saturated rings. The van der Waals surface area contributed by atoms with Crippen molar-refractivity contribution < 1.29 is 14.5 Å². The first-order chi connectivity index (χ1) is 13.4. The topological polar surface area (TPSA) is 92.6 Å². The lowest BCUT2D eigenvalue weighted by Gasteiger charge is -2.31. The molecule has 0 spiro atoms. The molecule has 1 aliphatic heterocycles. The molecule has 0 unspecified atom stereocenters. The van der Waals surface area contributed by atoms with Crippen LogP contribution in [0.4, 0.5) is 11.4 Å². The summed E-state index contributed by atoms with van der Waals surface area (Å²) in [5.74, 6) is -0.484. The number of aryl methyl sites for hydroxylation is 1. The molecule has 1 saturated heterocycles. The lowest BCUT2D eigenvalue weighted by molar-refractivity contribution is -0.384. The van der Waals surface area contributed by atoms with Crippen LogP contribution in [0.3, 0.4) is 0 Å². The minimum Gasteiger partial charge on any atom is -0.339 e. The van der Waals surface area contributed by atoms with Crippen molar-refractivity contribution in [2.24, 2.45) is 5.92 Å². The number of nitrogens with zero attached hydrogens (tertiary/aromatic N) is 2. The molecule has 0 bridgehead atoms. The van der Waals surface area contributed by atoms with Gasteiger partial charge in [-0.15, -0.1) is 0 Å². The molecule has 7 nitrogen and oxygen atoms in total. The molecule has 2 aromatic rings. The highest BCUT2D eigenvalue weighted by Gasteiger charge is 2.28.